The summed E-state index contributed by atoms with van der Waals surface area (Å²) >= 11 is 0. The van der Waals surface area contributed by atoms with E-state index in [1.54, 1.807) is 4.90 Å². The fourth-order valence-electron chi connectivity index (χ4n) is 2.26. The van der Waals surface area contributed by atoms with E-state index in [-0.39, 0.29) is 18.4 Å². The molecule has 0 bridgehead atoms. The lowest BCUT2D eigenvalue weighted by atomic mass is 10.0. The molecule has 1 aliphatic rings. The molecule has 0 aliphatic carbocycles. The first-order valence-electron chi connectivity index (χ1n) is 6.43. The summed E-state index contributed by atoms with van der Waals surface area (Å²) in [5.41, 5.74) is 1.08. The fraction of sp³-hybridized carbons (Fsp3) is 0.429. The minimum absolute atomic E-state index is 0.0737. The quantitative estimate of drug-likeness (QED) is 0.848. The van der Waals surface area contributed by atoms with Crippen molar-refractivity contribution in [2.75, 3.05) is 13.1 Å². The number of carboxylic acid groups (broad SMARTS) is 1. The molecule has 2 N–H and O–H groups in total. The molecular formula is C14H18N2O3. The molecule has 1 unspecified atom stereocenters. The molecule has 0 aromatic heterocycles. The Bertz CT molecular complexity index is 447. The predicted molar refractivity (Wildman–Crippen MR) is 70.6 cm³/mol. The molecule has 5 nitrogen and oxygen atoms in total. The number of amides is 2. The summed E-state index contributed by atoms with van der Waals surface area (Å²) in [6, 6.07) is 9.71. The molecule has 1 heterocycles. The van der Waals surface area contributed by atoms with Crippen LogP contribution >= 0.6 is 0 Å². The first-order valence-corrected chi connectivity index (χ1v) is 6.43. The van der Waals surface area contributed by atoms with E-state index >= 15 is 0 Å². The lowest BCUT2D eigenvalue weighted by Gasteiger charge is -2.33. The van der Waals surface area contributed by atoms with E-state index in [0.29, 0.717) is 26.1 Å². The number of urea groups is 1. The van der Waals surface area contributed by atoms with Gasteiger partial charge in [-0.2, -0.15) is 0 Å². The third kappa shape index (κ3) is 3.98. The monoisotopic (exact) mass is 262 g/mol. The zero-order chi connectivity index (χ0) is 13.7. The SMILES string of the molecule is O=C(O)CCC1CNC(=O)N(Cc2ccccc2)C1. The molecule has 19 heavy (non-hydrogen) atoms. The predicted octanol–water partition coefficient (Wildman–Crippen LogP) is 1.69. The van der Waals surface area contributed by atoms with Crippen LogP contribution in [0.15, 0.2) is 30.3 Å². The second-order valence-corrected chi connectivity index (χ2v) is 4.85. The molecule has 102 valence electrons. The Kier molecular flexibility index (Phi) is 4.39. The lowest BCUT2D eigenvalue weighted by Crippen LogP contribution is -2.50. The van der Waals surface area contributed by atoms with E-state index in [2.05, 4.69) is 5.32 Å². The number of benzene rings is 1. The summed E-state index contributed by atoms with van der Waals surface area (Å²) in [5, 5.41) is 11.5. The summed E-state index contributed by atoms with van der Waals surface area (Å²) in [4.78, 5) is 24.1. The molecule has 1 aromatic carbocycles. The van der Waals surface area contributed by atoms with Gasteiger partial charge in [-0.1, -0.05) is 30.3 Å². The second-order valence-electron chi connectivity index (χ2n) is 4.85. The van der Waals surface area contributed by atoms with Crippen LogP contribution < -0.4 is 5.32 Å². The minimum Gasteiger partial charge on any atom is -0.481 e. The summed E-state index contributed by atoms with van der Waals surface area (Å²) in [5.74, 6) is -0.580. The van der Waals surface area contributed by atoms with Crippen molar-refractivity contribution < 1.29 is 14.7 Å². The van der Waals surface area contributed by atoms with Crippen LogP contribution in [-0.4, -0.2) is 35.1 Å². The van der Waals surface area contributed by atoms with Crippen LogP contribution in [0.1, 0.15) is 18.4 Å². The molecule has 0 radical (unpaired) electrons. The van der Waals surface area contributed by atoms with Crippen molar-refractivity contribution in [2.24, 2.45) is 5.92 Å². The Morgan fingerprint density at radius 1 is 1.37 bits per heavy atom. The molecule has 1 atom stereocenters. The average molecular weight is 262 g/mol. The zero-order valence-electron chi connectivity index (χ0n) is 10.7. The van der Waals surface area contributed by atoms with E-state index in [4.69, 9.17) is 5.11 Å². The molecule has 2 rings (SSSR count). The van der Waals surface area contributed by atoms with Crippen molar-refractivity contribution in [1.82, 2.24) is 10.2 Å². The van der Waals surface area contributed by atoms with Crippen LogP contribution in [0.3, 0.4) is 0 Å². The highest BCUT2D eigenvalue weighted by atomic mass is 16.4. The normalized spacial score (nSPS) is 19.1. The largest absolute Gasteiger partial charge is 0.481 e. The van der Waals surface area contributed by atoms with Gasteiger partial charge in [0.1, 0.15) is 0 Å². The molecule has 1 saturated heterocycles. The van der Waals surface area contributed by atoms with E-state index in [9.17, 15) is 9.59 Å². The number of nitrogens with one attached hydrogen (secondary N) is 1. The molecule has 5 heteroatoms. The van der Waals surface area contributed by atoms with Crippen molar-refractivity contribution in [1.29, 1.82) is 0 Å². The number of nitrogens with zero attached hydrogens (tertiary/aromatic N) is 1. The van der Waals surface area contributed by atoms with Crippen LogP contribution in [0.4, 0.5) is 4.79 Å². The van der Waals surface area contributed by atoms with Gasteiger partial charge in [0.25, 0.3) is 0 Å². The second kappa shape index (κ2) is 6.22. The molecule has 1 aliphatic heterocycles. The zero-order valence-corrected chi connectivity index (χ0v) is 10.7. The Morgan fingerprint density at radius 3 is 2.79 bits per heavy atom. The van der Waals surface area contributed by atoms with Crippen molar-refractivity contribution in [3.05, 3.63) is 35.9 Å². The maximum Gasteiger partial charge on any atom is 0.317 e. The van der Waals surface area contributed by atoms with Gasteiger partial charge in [-0.3, -0.25) is 4.79 Å². The van der Waals surface area contributed by atoms with Gasteiger partial charge in [0, 0.05) is 26.1 Å². The van der Waals surface area contributed by atoms with Crippen LogP contribution in [0.5, 0.6) is 0 Å². The van der Waals surface area contributed by atoms with Crippen LogP contribution in [0.2, 0.25) is 0 Å². The number of hydrogen-bond acceptors (Lipinski definition) is 2. The smallest absolute Gasteiger partial charge is 0.317 e. The molecule has 2 amide bonds. The van der Waals surface area contributed by atoms with Crippen molar-refractivity contribution >= 4 is 12.0 Å². The number of rotatable bonds is 5. The van der Waals surface area contributed by atoms with Crippen molar-refractivity contribution in [3.8, 4) is 0 Å². The van der Waals surface area contributed by atoms with Gasteiger partial charge in [-0.25, -0.2) is 4.79 Å². The van der Waals surface area contributed by atoms with E-state index in [1.807, 2.05) is 30.3 Å². The summed E-state index contributed by atoms with van der Waals surface area (Å²) in [6.07, 6.45) is 0.751. The molecule has 0 spiro atoms. The van der Waals surface area contributed by atoms with E-state index in [0.717, 1.165) is 5.56 Å². The Labute approximate surface area is 112 Å². The van der Waals surface area contributed by atoms with Gasteiger partial charge < -0.3 is 15.3 Å². The van der Waals surface area contributed by atoms with Gasteiger partial charge in [0.2, 0.25) is 0 Å². The molecule has 1 fully saturated rings. The Hall–Kier alpha value is -2.04. The summed E-state index contributed by atoms with van der Waals surface area (Å²) in [7, 11) is 0. The highest BCUT2D eigenvalue weighted by Crippen LogP contribution is 2.15. The van der Waals surface area contributed by atoms with Gasteiger partial charge in [0.05, 0.1) is 0 Å². The Morgan fingerprint density at radius 2 is 2.11 bits per heavy atom. The highest BCUT2D eigenvalue weighted by Gasteiger charge is 2.25. The number of carboxylic acids is 1. The third-order valence-electron chi connectivity index (χ3n) is 3.29. The van der Waals surface area contributed by atoms with Gasteiger partial charge in [0.15, 0.2) is 0 Å². The van der Waals surface area contributed by atoms with E-state index in [1.165, 1.54) is 0 Å². The van der Waals surface area contributed by atoms with E-state index < -0.39 is 5.97 Å². The first kappa shape index (κ1) is 13.4. The topological polar surface area (TPSA) is 69.6 Å². The maximum atomic E-state index is 11.8. The van der Waals surface area contributed by atoms with Gasteiger partial charge >= 0.3 is 12.0 Å². The van der Waals surface area contributed by atoms with Crippen molar-refractivity contribution in [2.45, 2.75) is 19.4 Å². The molecule has 1 aromatic rings. The Balaban J connectivity index is 1.91. The standard InChI is InChI=1S/C14H18N2O3/c17-13(18)7-6-12-8-15-14(19)16(10-12)9-11-4-2-1-3-5-11/h1-5,12H,6-10H2,(H,15,19)(H,17,18). The first-order chi connectivity index (χ1) is 9.15. The average Bonchev–Trinajstić information content (AvgIpc) is 2.41. The number of aliphatic carboxylic acids is 1. The number of carbonyl (C=O) groups is 2. The van der Waals surface area contributed by atoms with Crippen LogP contribution in [0.25, 0.3) is 0 Å². The third-order valence-corrected chi connectivity index (χ3v) is 3.29. The number of carbonyl (C=O) groups excluding carboxylic acids is 1. The fourth-order valence-corrected chi connectivity index (χ4v) is 2.26. The number of hydrogen-bond donors (Lipinski definition) is 2. The molecular weight excluding hydrogens is 244 g/mol. The maximum absolute atomic E-state index is 11.8. The van der Waals surface area contributed by atoms with Crippen LogP contribution in [-0.2, 0) is 11.3 Å². The molecule has 0 saturated carbocycles. The highest BCUT2D eigenvalue weighted by molar-refractivity contribution is 5.75. The van der Waals surface area contributed by atoms with Gasteiger partial charge in [-0.15, -0.1) is 0 Å². The minimum atomic E-state index is -0.786. The lowest BCUT2D eigenvalue weighted by molar-refractivity contribution is -0.137. The van der Waals surface area contributed by atoms with Crippen molar-refractivity contribution in [3.63, 3.8) is 0 Å². The summed E-state index contributed by atoms with van der Waals surface area (Å²) in [6.45, 7) is 1.75. The van der Waals surface area contributed by atoms with Crippen LogP contribution in [0, 0.1) is 5.92 Å². The van der Waals surface area contributed by atoms with Gasteiger partial charge in [-0.05, 0) is 17.9 Å². The summed E-state index contributed by atoms with van der Waals surface area (Å²) < 4.78 is 0.